The smallest absolute Gasteiger partial charge is 0.122 e. The fourth-order valence-corrected chi connectivity index (χ4v) is 3.30. The normalized spacial score (nSPS) is 12.7. The first-order chi connectivity index (χ1) is 9.06. The van der Waals surface area contributed by atoms with Crippen molar-refractivity contribution in [3.05, 3.63) is 28.2 Å². The van der Waals surface area contributed by atoms with Gasteiger partial charge in [0.15, 0.2) is 0 Å². The minimum absolute atomic E-state index is 0.256. The molecular formula is C14H23BrN2OS. The van der Waals surface area contributed by atoms with Crippen LogP contribution in [0.3, 0.4) is 0 Å². The van der Waals surface area contributed by atoms with E-state index < -0.39 is 0 Å². The Bertz CT molecular complexity index is 388. The number of halogens is 1. The van der Waals surface area contributed by atoms with Crippen molar-refractivity contribution < 1.29 is 4.74 Å². The van der Waals surface area contributed by atoms with Crippen molar-refractivity contribution in [2.24, 2.45) is 11.8 Å². The van der Waals surface area contributed by atoms with Gasteiger partial charge in [0.25, 0.3) is 0 Å². The highest BCUT2D eigenvalue weighted by Gasteiger charge is 2.12. The predicted molar refractivity (Wildman–Crippen MR) is 87.7 cm³/mol. The first kappa shape index (κ1) is 16.8. The molecule has 0 saturated heterocycles. The van der Waals surface area contributed by atoms with Crippen LogP contribution >= 0.6 is 27.7 Å². The van der Waals surface area contributed by atoms with Gasteiger partial charge in [0.1, 0.15) is 5.75 Å². The van der Waals surface area contributed by atoms with E-state index in [2.05, 4.69) is 41.3 Å². The second-order valence-corrected chi connectivity index (χ2v) is 6.95. The molecule has 0 aliphatic carbocycles. The molecule has 3 nitrogen and oxygen atoms in total. The van der Waals surface area contributed by atoms with E-state index >= 15 is 0 Å². The number of rotatable bonds is 8. The van der Waals surface area contributed by atoms with Gasteiger partial charge in [-0.05, 0) is 41.9 Å². The van der Waals surface area contributed by atoms with E-state index in [9.17, 15) is 0 Å². The molecule has 1 unspecified atom stereocenters. The molecular weight excluding hydrogens is 324 g/mol. The molecule has 0 spiro atoms. The quantitative estimate of drug-likeness (QED) is 0.560. The van der Waals surface area contributed by atoms with Crippen LogP contribution in [-0.4, -0.2) is 24.7 Å². The van der Waals surface area contributed by atoms with E-state index in [0.29, 0.717) is 5.92 Å². The highest BCUT2D eigenvalue weighted by atomic mass is 79.9. The van der Waals surface area contributed by atoms with Crippen LogP contribution in [0.25, 0.3) is 0 Å². The van der Waals surface area contributed by atoms with Gasteiger partial charge in [-0.3, -0.25) is 11.3 Å². The average molecular weight is 347 g/mol. The maximum Gasteiger partial charge on any atom is 0.122 e. The van der Waals surface area contributed by atoms with Crippen molar-refractivity contribution >= 4 is 27.7 Å². The molecule has 108 valence electrons. The Morgan fingerprint density at radius 2 is 2.11 bits per heavy atom. The topological polar surface area (TPSA) is 47.3 Å². The summed E-state index contributed by atoms with van der Waals surface area (Å²) in [6, 6.07) is 6.32. The number of ether oxygens (including phenoxy) is 1. The molecule has 0 saturated carbocycles. The number of hydrazine groups is 1. The number of methoxy groups -OCH3 is 1. The predicted octanol–water partition coefficient (Wildman–Crippen LogP) is 3.22. The summed E-state index contributed by atoms with van der Waals surface area (Å²) in [4.78, 5) is 0. The highest BCUT2D eigenvalue weighted by molar-refractivity contribution is 9.10. The standard InChI is InChI=1S/C14H23BrN2OS/c1-10(2)8-19-9-13(17-16)7-11-6-12(15)4-5-14(11)18-3/h4-6,10,13,17H,7-9,16H2,1-3H3. The fraction of sp³-hybridized carbons (Fsp3) is 0.571. The lowest BCUT2D eigenvalue weighted by Crippen LogP contribution is -2.39. The molecule has 1 rings (SSSR count). The Balaban J connectivity index is 2.61. The van der Waals surface area contributed by atoms with Crippen LogP contribution in [0.5, 0.6) is 5.75 Å². The summed E-state index contributed by atoms with van der Waals surface area (Å²) in [5.41, 5.74) is 4.07. The molecule has 3 N–H and O–H groups in total. The van der Waals surface area contributed by atoms with Gasteiger partial charge in [0, 0.05) is 16.3 Å². The molecule has 1 aromatic rings. The summed E-state index contributed by atoms with van der Waals surface area (Å²) in [7, 11) is 1.70. The maximum absolute atomic E-state index is 5.65. The Hall–Kier alpha value is -0.230. The van der Waals surface area contributed by atoms with Crippen molar-refractivity contribution in [2.75, 3.05) is 18.6 Å². The zero-order chi connectivity index (χ0) is 14.3. The Morgan fingerprint density at radius 1 is 1.37 bits per heavy atom. The van der Waals surface area contributed by atoms with Crippen molar-refractivity contribution in [3.63, 3.8) is 0 Å². The van der Waals surface area contributed by atoms with Crippen molar-refractivity contribution in [3.8, 4) is 5.75 Å². The maximum atomic E-state index is 5.65. The number of hydrogen-bond acceptors (Lipinski definition) is 4. The summed E-state index contributed by atoms with van der Waals surface area (Å²) in [5, 5.41) is 0. The number of nitrogens with two attached hydrogens (primary N) is 1. The SMILES string of the molecule is COc1ccc(Br)cc1CC(CSCC(C)C)NN. The first-order valence-electron chi connectivity index (χ1n) is 6.43. The second kappa shape index (κ2) is 8.84. The number of thioether (sulfide) groups is 1. The van der Waals surface area contributed by atoms with Gasteiger partial charge in [-0.15, -0.1) is 0 Å². The van der Waals surface area contributed by atoms with E-state index in [1.165, 1.54) is 5.56 Å². The number of benzene rings is 1. The van der Waals surface area contributed by atoms with E-state index in [-0.39, 0.29) is 6.04 Å². The summed E-state index contributed by atoms with van der Waals surface area (Å²) >= 11 is 5.43. The summed E-state index contributed by atoms with van der Waals surface area (Å²) in [6.07, 6.45) is 0.865. The van der Waals surface area contributed by atoms with Gasteiger partial charge in [-0.25, -0.2) is 0 Å². The number of hydrogen-bond donors (Lipinski definition) is 2. The van der Waals surface area contributed by atoms with E-state index in [1.54, 1.807) is 7.11 Å². The third-order valence-corrected chi connectivity index (χ3v) is 4.75. The summed E-state index contributed by atoms with van der Waals surface area (Å²) in [5.74, 6) is 9.44. The molecule has 1 atom stereocenters. The second-order valence-electron chi connectivity index (χ2n) is 4.96. The molecule has 0 aromatic heterocycles. The third-order valence-electron chi connectivity index (χ3n) is 2.71. The van der Waals surface area contributed by atoms with E-state index in [0.717, 1.165) is 28.1 Å². The number of nitrogens with one attached hydrogen (secondary N) is 1. The molecule has 19 heavy (non-hydrogen) atoms. The van der Waals surface area contributed by atoms with Crippen LogP contribution in [0, 0.1) is 5.92 Å². The van der Waals surface area contributed by atoms with Gasteiger partial charge in [0.05, 0.1) is 7.11 Å². The molecule has 1 aromatic carbocycles. The Kier molecular flexibility index (Phi) is 7.83. The van der Waals surface area contributed by atoms with Crippen LogP contribution in [0.15, 0.2) is 22.7 Å². The first-order valence-corrected chi connectivity index (χ1v) is 8.37. The van der Waals surface area contributed by atoms with Crippen LogP contribution in [-0.2, 0) is 6.42 Å². The Labute approximate surface area is 128 Å². The zero-order valence-electron chi connectivity index (χ0n) is 11.8. The highest BCUT2D eigenvalue weighted by Crippen LogP contribution is 2.24. The molecule has 0 bridgehead atoms. The van der Waals surface area contributed by atoms with Crippen molar-refractivity contribution in [1.29, 1.82) is 0 Å². The molecule has 0 aliphatic heterocycles. The van der Waals surface area contributed by atoms with Crippen LogP contribution in [0.4, 0.5) is 0 Å². The summed E-state index contributed by atoms with van der Waals surface area (Å²) < 4.78 is 6.46. The summed E-state index contributed by atoms with van der Waals surface area (Å²) in [6.45, 7) is 4.46. The van der Waals surface area contributed by atoms with Gasteiger partial charge < -0.3 is 4.74 Å². The van der Waals surface area contributed by atoms with Crippen molar-refractivity contribution in [1.82, 2.24) is 5.43 Å². The van der Waals surface area contributed by atoms with Gasteiger partial charge in [0.2, 0.25) is 0 Å². The van der Waals surface area contributed by atoms with Crippen LogP contribution in [0.2, 0.25) is 0 Å². The lowest BCUT2D eigenvalue weighted by Gasteiger charge is -2.18. The minimum Gasteiger partial charge on any atom is -0.496 e. The molecule has 0 fully saturated rings. The van der Waals surface area contributed by atoms with E-state index in [4.69, 9.17) is 10.6 Å². The lowest BCUT2D eigenvalue weighted by atomic mass is 10.1. The zero-order valence-corrected chi connectivity index (χ0v) is 14.2. The van der Waals surface area contributed by atoms with E-state index in [1.807, 2.05) is 23.9 Å². The van der Waals surface area contributed by atoms with Gasteiger partial charge in [-0.2, -0.15) is 11.8 Å². The van der Waals surface area contributed by atoms with Gasteiger partial charge >= 0.3 is 0 Å². The fourth-order valence-electron chi connectivity index (χ4n) is 1.78. The van der Waals surface area contributed by atoms with Gasteiger partial charge in [-0.1, -0.05) is 29.8 Å². The third kappa shape index (κ3) is 6.17. The monoisotopic (exact) mass is 346 g/mol. The molecule has 0 aliphatic rings. The largest absolute Gasteiger partial charge is 0.496 e. The average Bonchev–Trinajstić information content (AvgIpc) is 2.37. The molecule has 5 heteroatoms. The van der Waals surface area contributed by atoms with Crippen LogP contribution in [0.1, 0.15) is 19.4 Å². The van der Waals surface area contributed by atoms with Crippen LogP contribution < -0.4 is 16.0 Å². The van der Waals surface area contributed by atoms with Crippen molar-refractivity contribution in [2.45, 2.75) is 26.3 Å². The molecule has 0 amide bonds. The Morgan fingerprint density at radius 3 is 2.68 bits per heavy atom. The minimum atomic E-state index is 0.256. The molecule has 0 heterocycles. The lowest BCUT2D eigenvalue weighted by molar-refractivity contribution is 0.406. The molecule has 0 radical (unpaired) electrons.